The fourth-order valence-corrected chi connectivity index (χ4v) is 4.92. The van der Waals surface area contributed by atoms with Crippen molar-refractivity contribution < 1.29 is 19.1 Å². The second kappa shape index (κ2) is 9.75. The molecule has 0 saturated carbocycles. The third-order valence-corrected chi connectivity index (χ3v) is 6.23. The molecule has 4 N–H and O–H groups in total. The number of carbonyl (C=O) groups excluding carboxylic acids is 2. The number of ether oxygens (including phenoxy) is 2. The molecule has 28 heavy (non-hydrogen) atoms. The average molecular weight is 421 g/mol. The van der Waals surface area contributed by atoms with Crippen molar-refractivity contribution in [1.82, 2.24) is 0 Å². The molecule has 0 amide bonds. The minimum Gasteiger partial charge on any atom is -0.462 e. The number of esters is 2. The van der Waals surface area contributed by atoms with E-state index < -0.39 is 11.9 Å². The fourth-order valence-electron chi connectivity index (χ4n) is 2.51. The highest BCUT2D eigenvalue weighted by Gasteiger charge is 2.18. The van der Waals surface area contributed by atoms with Crippen molar-refractivity contribution in [3.8, 4) is 0 Å². The molecular formula is C20H24N2O4S2. The maximum Gasteiger partial charge on any atom is 0.340 e. The molecule has 2 rings (SSSR count). The van der Waals surface area contributed by atoms with Crippen molar-refractivity contribution in [2.45, 2.75) is 37.5 Å². The predicted octanol–water partition coefficient (Wildman–Crippen LogP) is 4.62. The highest BCUT2D eigenvalue weighted by atomic mass is 33.1. The van der Waals surface area contributed by atoms with Gasteiger partial charge in [0.05, 0.1) is 35.7 Å². The van der Waals surface area contributed by atoms with Gasteiger partial charge >= 0.3 is 11.9 Å². The lowest BCUT2D eigenvalue weighted by Gasteiger charge is -2.14. The van der Waals surface area contributed by atoms with Crippen molar-refractivity contribution in [2.24, 2.45) is 0 Å². The number of carbonyl (C=O) groups is 2. The van der Waals surface area contributed by atoms with Crippen LogP contribution in [0.25, 0.3) is 0 Å². The van der Waals surface area contributed by atoms with Crippen LogP contribution in [-0.4, -0.2) is 25.2 Å². The van der Waals surface area contributed by atoms with E-state index in [1.807, 2.05) is 26.0 Å². The van der Waals surface area contributed by atoms with Crippen LogP contribution in [-0.2, 0) is 9.47 Å². The van der Waals surface area contributed by atoms with Crippen LogP contribution < -0.4 is 11.5 Å². The monoisotopic (exact) mass is 420 g/mol. The van der Waals surface area contributed by atoms with Crippen LogP contribution in [0.2, 0.25) is 0 Å². The van der Waals surface area contributed by atoms with Crippen LogP contribution in [0.4, 0.5) is 11.4 Å². The summed E-state index contributed by atoms with van der Waals surface area (Å²) in [6, 6.07) is 7.21. The smallest absolute Gasteiger partial charge is 0.340 e. The zero-order valence-electron chi connectivity index (χ0n) is 16.3. The summed E-state index contributed by atoms with van der Waals surface area (Å²) in [4.78, 5) is 25.7. The summed E-state index contributed by atoms with van der Waals surface area (Å²) in [7, 11) is 2.74. The third kappa shape index (κ3) is 5.14. The standard InChI is InChI=1S/C20H24N2O4S2/c1-5-25-19(23)13-7-11(3)9-15(17(13)21)27-28-16-10-12(4)8-14(18(16)22)20(24)26-6-2/h7-10H,5-6,21-22H2,1-4H3. The van der Waals surface area contributed by atoms with E-state index in [0.717, 1.165) is 20.9 Å². The average Bonchev–Trinajstić information content (AvgIpc) is 2.64. The summed E-state index contributed by atoms with van der Waals surface area (Å²) in [6.07, 6.45) is 0. The molecule has 0 saturated heterocycles. The van der Waals surface area contributed by atoms with Crippen LogP contribution in [0.15, 0.2) is 34.1 Å². The van der Waals surface area contributed by atoms with Gasteiger partial charge in [-0.15, -0.1) is 0 Å². The maximum atomic E-state index is 12.1. The number of anilines is 2. The SMILES string of the molecule is CCOC(=O)c1cc(C)cc(SSc2cc(C)cc(C(=O)OCC)c2N)c1N. The fraction of sp³-hybridized carbons (Fsp3) is 0.300. The van der Waals surface area contributed by atoms with Crippen LogP contribution in [0.5, 0.6) is 0 Å². The number of hydrogen-bond acceptors (Lipinski definition) is 8. The molecule has 8 heteroatoms. The molecule has 0 radical (unpaired) electrons. The summed E-state index contributed by atoms with van der Waals surface area (Å²) in [6.45, 7) is 7.82. The van der Waals surface area contributed by atoms with Gasteiger partial charge in [-0.2, -0.15) is 0 Å². The molecule has 0 aliphatic carbocycles. The van der Waals surface area contributed by atoms with E-state index in [1.165, 1.54) is 21.6 Å². The second-order valence-electron chi connectivity index (χ2n) is 6.06. The summed E-state index contributed by atoms with van der Waals surface area (Å²) in [5, 5.41) is 0. The van der Waals surface area contributed by atoms with Gasteiger partial charge in [0.15, 0.2) is 0 Å². The van der Waals surface area contributed by atoms with Gasteiger partial charge in [-0.25, -0.2) is 9.59 Å². The highest BCUT2D eigenvalue weighted by Crippen LogP contribution is 2.44. The van der Waals surface area contributed by atoms with Gasteiger partial charge in [0, 0.05) is 9.79 Å². The number of nitrogens with two attached hydrogens (primary N) is 2. The van der Waals surface area contributed by atoms with Gasteiger partial charge in [-0.1, -0.05) is 21.6 Å². The number of aryl methyl sites for hydroxylation is 2. The first kappa shape index (κ1) is 22.0. The molecule has 0 aliphatic rings. The first-order valence-corrected chi connectivity index (χ1v) is 10.9. The van der Waals surface area contributed by atoms with Gasteiger partial charge in [0.2, 0.25) is 0 Å². The van der Waals surface area contributed by atoms with E-state index in [1.54, 1.807) is 26.0 Å². The third-order valence-electron chi connectivity index (χ3n) is 3.78. The topological polar surface area (TPSA) is 105 Å². The normalized spacial score (nSPS) is 10.6. The highest BCUT2D eigenvalue weighted by molar-refractivity contribution is 8.76. The van der Waals surface area contributed by atoms with Gasteiger partial charge < -0.3 is 20.9 Å². The summed E-state index contributed by atoms with van der Waals surface area (Å²) < 4.78 is 10.2. The minimum absolute atomic E-state index is 0.278. The molecule has 0 spiro atoms. The van der Waals surface area contributed by atoms with Crippen LogP contribution in [0, 0.1) is 13.8 Å². The Kier molecular flexibility index (Phi) is 7.65. The lowest BCUT2D eigenvalue weighted by molar-refractivity contribution is 0.0517. The van der Waals surface area contributed by atoms with Crippen LogP contribution in [0.3, 0.4) is 0 Å². The Morgan fingerprint density at radius 1 is 0.786 bits per heavy atom. The molecule has 0 atom stereocenters. The Balaban J connectivity index is 2.32. The van der Waals surface area contributed by atoms with Crippen molar-refractivity contribution >= 4 is 44.9 Å². The predicted molar refractivity (Wildman–Crippen MR) is 115 cm³/mol. The van der Waals surface area contributed by atoms with Crippen molar-refractivity contribution in [3.05, 3.63) is 46.5 Å². The maximum absolute atomic E-state index is 12.1. The van der Waals surface area contributed by atoms with Gasteiger partial charge in [-0.05, 0) is 63.1 Å². The Morgan fingerprint density at radius 3 is 1.46 bits per heavy atom. The molecule has 0 bridgehead atoms. The van der Waals surface area contributed by atoms with Crippen molar-refractivity contribution in [3.63, 3.8) is 0 Å². The molecule has 0 aromatic heterocycles. The first-order valence-electron chi connectivity index (χ1n) is 8.77. The van der Waals surface area contributed by atoms with Crippen LogP contribution in [0.1, 0.15) is 45.7 Å². The zero-order chi connectivity index (χ0) is 20.8. The van der Waals surface area contributed by atoms with Crippen molar-refractivity contribution in [2.75, 3.05) is 24.7 Å². The molecule has 0 fully saturated rings. The molecule has 0 unspecified atom stereocenters. The van der Waals surface area contributed by atoms with Gasteiger partial charge in [0.25, 0.3) is 0 Å². The summed E-state index contributed by atoms with van der Waals surface area (Å²) in [5.74, 6) is -0.898. The summed E-state index contributed by atoms with van der Waals surface area (Å²) in [5.41, 5.74) is 15.6. The molecule has 0 heterocycles. The van der Waals surface area contributed by atoms with E-state index in [9.17, 15) is 9.59 Å². The Bertz CT molecular complexity index is 827. The van der Waals surface area contributed by atoms with E-state index in [2.05, 4.69) is 0 Å². The van der Waals surface area contributed by atoms with E-state index >= 15 is 0 Å². The Hall–Kier alpha value is -2.32. The van der Waals surface area contributed by atoms with Crippen LogP contribution >= 0.6 is 21.6 Å². The molecule has 2 aromatic carbocycles. The van der Waals surface area contributed by atoms with Gasteiger partial charge in [0.1, 0.15) is 0 Å². The molecule has 150 valence electrons. The second-order valence-corrected chi connectivity index (χ2v) is 8.27. The number of nitrogen functional groups attached to an aromatic ring is 2. The largest absolute Gasteiger partial charge is 0.462 e. The zero-order valence-corrected chi connectivity index (χ0v) is 18.0. The van der Waals surface area contributed by atoms with Crippen molar-refractivity contribution in [1.29, 1.82) is 0 Å². The first-order chi connectivity index (χ1) is 13.3. The minimum atomic E-state index is -0.449. The molecule has 2 aromatic rings. The molecule has 0 aliphatic heterocycles. The molecular weight excluding hydrogens is 396 g/mol. The van der Waals surface area contributed by atoms with Gasteiger partial charge in [-0.3, -0.25) is 0 Å². The van der Waals surface area contributed by atoms with E-state index in [4.69, 9.17) is 20.9 Å². The summed E-state index contributed by atoms with van der Waals surface area (Å²) >= 11 is 0. The lowest BCUT2D eigenvalue weighted by Crippen LogP contribution is -2.09. The number of hydrogen-bond donors (Lipinski definition) is 2. The quantitative estimate of drug-likeness (QED) is 0.380. The lowest BCUT2D eigenvalue weighted by atomic mass is 10.1. The Morgan fingerprint density at radius 2 is 1.14 bits per heavy atom. The number of rotatable bonds is 7. The molecule has 6 nitrogen and oxygen atoms in total. The Labute approximate surface area is 172 Å². The van der Waals surface area contributed by atoms with E-state index in [-0.39, 0.29) is 13.2 Å². The van der Waals surface area contributed by atoms with E-state index in [0.29, 0.717) is 22.5 Å². The number of benzene rings is 2.